The minimum absolute atomic E-state index is 0.00170. The Labute approximate surface area is 118 Å². The first kappa shape index (κ1) is 14.2. The molecule has 5 heteroatoms. The molecule has 1 saturated heterocycles. The maximum Gasteiger partial charge on any atom is 0.224 e. The van der Waals surface area contributed by atoms with Crippen molar-refractivity contribution in [3.05, 3.63) is 23.2 Å². The van der Waals surface area contributed by atoms with Gasteiger partial charge < -0.3 is 15.8 Å². The second kappa shape index (κ2) is 6.78. The van der Waals surface area contributed by atoms with Crippen LogP contribution >= 0.6 is 11.6 Å². The Morgan fingerprint density at radius 3 is 2.84 bits per heavy atom. The lowest BCUT2D eigenvalue weighted by Crippen LogP contribution is -2.18. The molecule has 1 amide bonds. The highest BCUT2D eigenvalue weighted by molar-refractivity contribution is 6.34. The van der Waals surface area contributed by atoms with Crippen LogP contribution in [0.25, 0.3) is 0 Å². The normalized spacial score (nSPS) is 16.3. The van der Waals surface area contributed by atoms with Gasteiger partial charge in [-0.15, -0.1) is 0 Å². The first-order valence-electron chi connectivity index (χ1n) is 6.58. The molecule has 1 heterocycles. The Morgan fingerprint density at radius 2 is 2.16 bits per heavy atom. The molecule has 0 atom stereocenters. The maximum atomic E-state index is 11.9. The van der Waals surface area contributed by atoms with E-state index in [9.17, 15) is 4.79 Å². The van der Waals surface area contributed by atoms with Crippen LogP contribution in [0.4, 0.5) is 11.4 Å². The van der Waals surface area contributed by atoms with Crippen LogP contribution in [0, 0.1) is 5.92 Å². The van der Waals surface area contributed by atoms with Crippen LogP contribution < -0.4 is 11.1 Å². The number of rotatable bonds is 4. The standard InChI is InChI=1S/C14H19ClN2O2/c15-12-9-11(16)2-3-13(12)17-14(18)4-1-10-5-7-19-8-6-10/h2-3,9-10H,1,4-8,16H2,(H,17,18). The molecule has 3 N–H and O–H groups in total. The van der Waals surface area contributed by atoms with E-state index in [0.717, 1.165) is 32.5 Å². The fourth-order valence-corrected chi connectivity index (χ4v) is 2.45. The van der Waals surface area contributed by atoms with Crippen molar-refractivity contribution in [2.24, 2.45) is 5.92 Å². The van der Waals surface area contributed by atoms with Gasteiger partial charge in [-0.2, -0.15) is 0 Å². The molecule has 0 bridgehead atoms. The van der Waals surface area contributed by atoms with E-state index >= 15 is 0 Å². The van der Waals surface area contributed by atoms with E-state index < -0.39 is 0 Å². The number of ether oxygens (including phenoxy) is 1. The van der Waals surface area contributed by atoms with Crippen molar-refractivity contribution in [1.29, 1.82) is 0 Å². The summed E-state index contributed by atoms with van der Waals surface area (Å²) in [4.78, 5) is 11.9. The number of carbonyl (C=O) groups is 1. The molecule has 1 aliphatic rings. The zero-order valence-corrected chi connectivity index (χ0v) is 11.6. The van der Waals surface area contributed by atoms with Crippen molar-refractivity contribution in [1.82, 2.24) is 0 Å². The van der Waals surface area contributed by atoms with E-state index in [0.29, 0.717) is 28.7 Å². The summed E-state index contributed by atoms with van der Waals surface area (Å²) in [6.07, 6.45) is 3.53. The number of amides is 1. The molecule has 2 rings (SSSR count). The Morgan fingerprint density at radius 1 is 1.42 bits per heavy atom. The molecule has 0 saturated carbocycles. The van der Waals surface area contributed by atoms with E-state index in [1.54, 1.807) is 18.2 Å². The van der Waals surface area contributed by atoms with E-state index in [1.807, 2.05) is 0 Å². The van der Waals surface area contributed by atoms with Crippen LogP contribution in [0.1, 0.15) is 25.7 Å². The molecule has 0 aromatic heterocycles. The van der Waals surface area contributed by atoms with Gasteiger partial charge in [0.1, 0.15) is 0 Å². The van der Waals surface area contributed by atoms with Crippen LogP contribution in [0.15, 0.2) is 18.2 Å². The largest absolute Gasteiger partial charge is 0.399 e. The van der Waals surface area contributed by atoms with Gasteiger partial charge in [0.15, 0.2) is 0 Å². The third-order valence-electron chi connectivity index (χ3n) is 3.39. The van der Waals surface area contributed by atoms with Gasteiger partial charge in [0, 0.05) is 25.3 Å². The second-order valence-electron chi connectivity index (χ2n) is 4.88. The van der Waals surface area contributed by atoms with Crippen LogP contribution in [0.5, 0.6) is 0 Å². The number of carbonyl (C=O) groups excluding carboxylic acids is 1. The number of nitrogen functional groups attached to an aromatic ring is 1. The summed E-state index contributed by atoms with van der Waals surface area (Å²) in [6.45, 7) is 1.63. The highest BCUT2D eigenvalue weighted by Crippen LogP contribution is 2.25. The van der Waals surface area contributed by atoms with Gasteiger partial charge in [0.05, 0.1) is 10.7 Å². The lowest BCUT2D eigenvalue weighted by molar-refractivity contribution is -0.116. The lowest BCUT2D eigenvalue weighted by Gasteiger charge is -2.21. The average molecular weight is 283 g/mol. The summed E-state index contributed by atoms with van der Waals surface area (Å²) in [5.74, 6) is 0.597. The zero-order chi connectivity index (χ0) is 13.7. The summed E-state index contributed by atoms with van der Waals surface area (Å²) < 4.78 is 5.30. The van der Waals surface area contributed by atoms with Crippen molar-refractivity contribution in [2.45, 2.75) is 25.7 Å². The Bertz CT molecular complexity index is 445. The molecule has 0 spiro atoms. The van der Waals surface area contributed by atoms with Gasteiger partial charge >= 0.3 is 0 Å². The molecule has 1 aromatic carbocycles. The summed E-state index contributed by atoms with van der Waals surface area (Å²) >= 11 is 6.01. The third-order valence-corrected chi connectivity index (χ3v) is 3.70. The zero-order valence-electron chi connectivity index (χ0n) is 10.8. The summed E-state index contributed by atoms with van der Waals surface area (Å²) in [6, 6.07) is 5.08. The van der Waals surface area contributed by atoms with Gasteiger partial charge in [-0.1, -0.05) is 11.6 Å². The SMILES string of the molecule is Nc1ccc(NC(=O)CCC2CCOCC2)c(Cl)c1. The van der Waals surface area contributed by atoms with E-state index in [2.05, 4.69) is 5.32 Å². The molecule has 0 aliphatic carbocycles. The van der Waals surface area contributed by atoms with Crippen molar-refractivity contribution in [2.75, 3.05) is 24.3 Å². The van der Waals surface area contributed by atoms with Crippen molar-refractivity contribution in [3.63, 3.8) is 0 Å². The van der Waals surface area contributed by atoms with Crippen molar-refractivity contribution >= 4 is 28.9 Å². The predicted octanol–water partition coefficient (Wildman–Crippen LogP) is 3.07. The molecular weight excluding hydrogens is 264 g/mol. The van der Waals surface area contributed by atoms with Gasteiger partial charge in [0.2, 0.25) is 5.91 Å². The third kappa shape index (κ3) is 4.40. The fourth-order valence-electron chi connectivity index (χ4n) is 2.22. The van der Waals surface area contributed by atoms with Gasteiger partial charge in [-0.05, 0) is 43.4 Å². The number of hydrogen-bond donors (Lipinski definition) is 2. The van der Waals surface area contributed by atoms with E-state index in [1.165, 1.54) is 0 Å². The minimum atomic E-state index is -0.00170. The number of benzene rings is 1. The molecule has 19 heavy (non-hydrogen) atoms. The Balaban J connectivity index is 1.80. The molecular formula is C14H19ClN2O2. The smallest absolute Gasteiger partial charge is 0.224 e. The van der Waals surface area contributed by atoms with Crippen LogP contribution in [-0.2, 0) is 9.53 Å². The number of nitrogens with two attached hydrogens (primary N) is 1. The molecule has 1 aromatic rings. The van der Waals surface area contributed by atoms with Crippen LogP contribution in [-0.4, -0.2) is 19.1 Å². The highest BCUT2D eigenvalue weighted by atomic mass is 35.5. The Kier molecular flexibility index (Phi) is 5.05. The highest BCUT2D eigenvalue weighted by Gasteiger charge is 2.15. The number of nitrogens with one attached hydrogen (secondary N) is 1. The van der Waals surface area contributed by atoms with Crippen molar-refractivity contribution < 1.29 is 9.53 Å². The van der Waals surface area contributed by atoms with Crippen LogP contribution in [0.3, 0.4) is 0 Å². The lowest BCUT2D eigenvalue weighted by atomic mass is 9.95. The van der Waals surface area contributed by atoms with Crippen LogP contribution in [0.2, 0.25) is 5.02 Å². The molecule has 1 aliphatic heterocycles. The van der Waals surface area contributed by atoms with E-state index in [4.69, 9.17) is 22.1 Å². The monoisotopic (exact) mass is 282 g/mol. The van der Waals surface area contributed by atoms with Gasteiger partial charge in [-0.3, -0.25) is 4.79 Å². The molecule has 1 fully saturated rings. The first-order chi connectivity index (χ1) is 9.15. The number of anilines is 2. The molecule has 0 unspecified atom stereocenters. The summed E-state index contributed by atoms with van der Waals surface area (Å²) in [7, 11) is 0. The Hall–Kier alpha value is -1.26. The van der Waals surface area contributed by atoms with Gasteiger partial charge in [0.25, 0.3) is 0 Å². The number of halogens is 1. The summed E-state index contributed by atoms with van der Waals surface area (Å²) in [5.41, 5.74) is 6.81. The van der Waals surface area contributed by atoms with Gasteiger partial charge in [-0.25, -0.2) is 0 Å². The molecule has 4 nitrogen and oxygen atoms in total. The maximum absolute atomic E-state index is 11.9. The topological polar surface area (TPSA) is 64.3 Å². The quantitative estimate of drug-likeness (QED) is 0.834. The van der Waals surface area contributed by atoms with E-state index in [-0.39, 0.29) is 5.91 Å². The molecule has 0 radical (unpaired) electrons. The molecule has 104 valence electrons. The summed E-state index contributed by atoms with van der Waals surface area (Å²) in [5, 5.41) is 3.29. The van der Waals surface area contributed by atoms with Crippen molar-refractivity contribution in [3.8, 4) is 0 Å². The number of hydrogen-bond acceptors (Lipinski definition) is 3. The minimum Gasteiger partial charge on any atom is -0.399 e. The second-order valence-corrected chi connectivity index (χ2v) is 5.29. The first-order valence-corrected chi connectivity index (χ1v) is 6.95. The predicted molar refractivity (Wildman–Crippen MR) is 77.3 cm³/mol. The fraction of sp³-hybridized carbons (Fsp3) is 0.500. The average Bonchev–Trinajstić information content (AvgIpc) is 2.41.